The number of nitrogens with zero attached hydrogens (tertiary/aromatic N) is 1. The molecule has 6 heteroatoms. The highest BCUT2D eigenvalue weighted by Gasteiger charge is 2.25. The lowest BCUT2D eigenvalue weighted by molar-refractivity contribution is -0.123. The molecule has 0 fully saturated rings. The number of hydrogen-bond acceptors (Lipinski definition) is 3. The smallest absolute Gasteiger partial charge is 0.276 e. The second kappa shape index (κ2) is 5.38. The van der Waals surface area contributed by atoms with Gasteiger partial charge in [-0.2, -0.15) is 0 Å². The Morgan fingerprint density at radius 3 is 2.71 bits per heavy atom. The van der Waals surface area contributed by atoms with Crippen LogP contribution in [-0.2, 0) is 4.79 Å². The van der Waals surface area contributed by atoms with Crippen LogP contribution in [0.2, 0.25) is 0 Å². The van der Waals surface area contributed by atoms with E-state index in [0.29, 0.717) is 11.3 Å². The van der Waals surface area contributed by atoms with Crippen molar-refractivity contribution in [2.24, 2.45) is 4.99 Å². The zero-order valence-corrected chi connectivity index (χ0v) is 12.3. The predicted octanol–water partition coefficient (Wildman–Crippen LogP) is 2.70. The highest BCUT2D eigenvalue weighted by atomic mass is 79.9. The summed E-state index contributed by atoms with van der Waals surface area (Å²) in [6.45, 7) is 0. The molecule has 21 heavy (non-hydrogen) atoms. The molecule has 1 aliphatic heterocycles. The summed E-state index contributed by atoms with van der Waals surface area (Å²) in [5.41, 5.74) is 1.48. The van der Waals surface area contributed by atoms with E-state index in [9.17, 15) is 14.3 Å². The van der Waals surface area contributed by atoms with E-state index < -0.39 is 18.0 Å². The maximum atomic E-state index is 14.0. The number of aliphatic hydroxyl groups excluding tert-OH is 1. The second-order valence-electron chi connectivity index (χ2n) is 4.51. The van der Waals surface area contributed by atoms with Crippen molar-refractivity contribution in [3.05, 3.63) is 63.9 Å². The average Bonchev–Trinajstić information content (AvgIpc) is 2.58. The summed E-state index contributed by atoms with van der Waals surface area (Å²) in [6.07, 6.45) is -1.58. The van der Waals surface area contributed by atoms with Crippen molar-refractivity contribution in [2.45, 2.75) is 6.23 Å². The predicted molar refractivity (Wildman–Crippen MR) is 80.8 cm³/mol. The molecule has 0 aliphatic carbocycles. The maximum Gasteiger partial charge on any atom is 0.276 e. The van der Waals surface area contributed by atoms with Gasteiger partial charge in [0.15, 0.2) is 0 Å². The zero-order valence-electron chi connectivity index (χ0n) is 10.7. The van der Waals surface area contributed by atoms with Gasteiger partial charge < -0.3 is 10.4 Å². The summed E-state index contributed by atoms with van der Waals surface area (Å²) < 4.78 is 14.8. The van der Waals surface area contributed by atoms with Crippen LogP contribution in [0.25, 0.3) is 0 Å². The van der Waals surface area contributed by atoms with E-state index in [2.05, 4.69) is 26.2 Å². The molecule has 1 amide bonds. The second-order valence-corrected chi connectivity index (χ2v) is 5.43. The number of rotatable bonds is 1. The van der Waals surface area contributed by atoms with Crippen LogP contribution >= 0.6 is 15.9 Å². The monoisotopic (exact) mass is 348 g/mol. The quantitative estimate of drug-likeness (QED) is 0.832. The van der Waals surface area contributed by atoms with Crippen molar-refractivity contribution < 1.29 is 14.3 Å². The molecule has 1 atom stereocenters. The Labute approximate surface area is 128 Å². The molecule has 1 heterocycles. The van der Waals surface area contributed by atoms with Gasteiger partial charge in [0.2, 0.25) is 6.23 Å². The Morgan fingerprint density at radius 1 is 1.19 bits per heavy atom. The van der Waals surface area contributed by atoms with Gasteiger partial charge in [0.05, 0.1) is 11.4 Å². The Hall–Kier alpha value is -2.05. The summed E-state index contributed by atoms with van der Waals surface area (Å²) in [4.78, 5) is 15.7. The number of aliphatic hydroxyl groups is 1. The van der Waals surface area contributed by atoms with Crippen LogP contribution in [0.4, 0.5) is 10.1 Å². The van der Waals surface area contributed by atoms with Gasteiger partial charge in [-0.3, -0.25) is 4.79 Å². The number of carbonyl (C=O) groups is 1. The molecular weight excluding hydrogens is 339 g/mol. The first-order chi connectivity index (χ1) is 10.1. The zero-order chi connectivity index (χ0) is 15.0. The van der Waals surface area contributed by atoms with Crippen molar-refractivity contribution in [3.63, 3.8) is 0 Å². The number of anilines is 1. The molecule has 4 nitrogen and oxygen atoms in total. The number of carbonyl (C=O) groups excluding carboxylic acids is 1. The first-order valence-electron chi connectivity index (χ1n) is 6.18. The maximum absolute atomic E-state index is 14.0. The van der Waals surface area contributed by atoms with Crippen LogP contribution in [0.1, 0.15) is 11.1 Å². The molecule has 2 aromatic rings. The molecule has 2 N–H and O–H groups in total. The van der Waals surface area contributed by atoms with E-state index in [0.717, 1.165) is 4.47 Å². The van der Waals surface area contributed by atoms with E-state index in [1.807, 2.05) is 0 Å². The van der Waals surface area contributed by atoms with Crippen LogP contribution in [0.3, 0.4) is 0 Å². The third kappa shape index (κ3) is 2.59. The van der Waals surface area contributed by atoms with E-state index in [1.54, 1.807) is 36.4 Å². The van der Waals surface area contributed by atoms with Crippen LogP contribution < -0.4 is 5.32 Å². The molecule has 0 saturated heterocycles. The lowest BCUT2D eigenvalue weighted by atomic mass is 10.0. The molecule has 0 bridgehead atoms. The van der Waals surface area contributed by atoms with Crippen molar-refractivity contribution >= 4 is 33.2 Å². The number of hydrogen-bond donors (Lipinski definition) is 2. The van der Waals surface area contributed by atoms with Crippen molar-refractivity contribution in [1.29, 1.82) is 0 Å². The molecule has 1 unspecified atom stereocenters. The Kier molecular flexibility index (Phi) is 3.57. The molecule has 0 spiro atoms. The molecule has 0 aromatic heterocycles. The minimum atomic E-state index is -1.58. The first kappa shape index (κ1) is 13.9. The van der Waals surface area contributed by atoms with Gasteiger partial charge in [-0.25, -0.2) is 9.38 Å². The van der Waals surface area contributed by atoms with Gasteiger partial charge in [-0.15, -0.1) is 0 Å². The number of amides is 1. The Balaban J connectivity index is 2.27. The number of halogens is 2. The number of fused-ring (bicyclic) bond motifs is 1. The van der Waals surface area contributed by atoms with E-state index in [1.165, 1.54) is 6.07 Å². The molecule has 1 aliphatic rings. The summed E-state index contributed by atoms with van der Waals surface area (Å²) in [7, 11) is 0. The molecule has 0 radical (unpaired) electrons. The Morgan fingerprint density at radius 2 is 1.95 bits per heavy atom. The van der Waals surface area contributed by atoms with Gasteiger partial charge in [-0.05, 0) is 30.3 Å². The number of benzene rings is 2. The SMILES string of the molecule is O=C1Nc2ccc(Br)cc2C(c2ccccc2F)=NC1O. The van der Waals surface area contributed by atoms with Gasteiger partial charge in [-0.1, -0.05) is 28.1 Å². The van der Waals surface area contributed by atoms with Gasteiger partial charge in [0.1, 0.15) is 5.82 Å². The summed E-state index contributed by atoms with van der Waals surface area (Å²) in [5, 5.41) is 12.4. The number of benzodiazepines with no additional fused rings is 1. The van der Waals surface area contributed by atoms with Crippen molar-refractivity contribution in [2.75, 3.05) is 5.32 Å². The first-order valence-corrected chi connectivity index (χ1v) is 6.97. The summed E-state index contributed by atoms with van der Waals surface area (Å²) in [5.74, 6) is -1.12. The lowest BCUT2D eigenvalue weighted by Crippen LogP contribution is -2.24. The molecule has 2 aromatic carbocycles. The topological polar surface area (TPSA) is 61.7 Å². The Bertz CT molecular complexity index is 761. The summed E-state index contributed by atoms with van der Waals surface area (Å²) >= 11 is 3.34. The highest BCUT2D eigenvalue weighted by Crippen LogP contribution is 2.27. The highest BCUT2D eigenvalue weighted by molar-refractivity contribution is 9.10. The molecule has 3 rings (SSSR count). The van der Waals surface area contributed by atoms with Crippen molar-refractivity contribution in [1.82, 2.24) is 0 Å². The number of aliphatic imine (C=N–C) groups is 1. The fourth-order valence-corrected chi connectivity index (χ4v) is 2.50. The number of nitrogens with one attached hydrogen (secondary N) is 1. The molecular formula is C15H10BrFN2O2. The van der Waals surface area contributed by atoms with Crippen LogP contribution in [0, 0.1) is 5.82 Å². The van der Waals surface area contributed by atoms with E-state index >= 15 is 0 Å². The van der Waals surface area contributed by atoms with Crippen molar-refractivity contribution in [3.8, 4) is 0 Å². The van der Waals surface area contributed by atoms with Gasteiger partial charge >= 0.3 is 0 Å². The lowest BCUT2D eigenvalue weighted by Gasteiger charge is -2.10. The molecule has 0 saturated carbocycles. The van der Waals surface area contributed by atoms with Crippen LogP contribution in [0.15, 0.2) is 51.9 Å². The van der Waals surface area contributed by atoms with Gasteiger partial charge in [0.25, 0.3) is 5.91 Å². The minimum absolute atomic E-state index is 0.229. The average molecular weight is 349 g/mol. The minimum Gasteiger partial charge on any atom is -0.364 e. The fourth-order valence-electron chi connectivity index (χ4n) is 2.14. The fraction of sp³-hybridized carbons (Fsp3) is 0.0667. The normalized spacial score (nSPS) is 17.6. The molecule has 106 valence electrons. The third-order valence-electron chi connectivity index (χ3n) is 3.11. The van der Waals surface area contributed by atoms with E-state index in [4.69, 9.17) is 0 Å². The van der Waals surface area contributed by atoms with Gasteiger partial charge in [0, 0.05) is 15.6 Å². The van der Waals surface area contributed by atoms with Crippen LogP contribution in [-0.4, -0.2) is 23.0 Å². The standard InChI is InChI=1S/C15H10BrFN2O2/c16-8-5-6-12-10(7-8)13(19-15(21)14(20)18-12)9-3-1-2-4-11(9)17/h1-7,15,21H,(H,18,20). The summed E-state index contributed by atoms with van der Waals surface area (Å²) in [6, 6.07) is 11.2. The largest absolute Gasteiger partial charge is 0.364 e. The third-order valence-corrected chi connectivity index (χ3v) is 3.60. The van der Waals surface area contributed by atoms with Crippen LogP contribution in [0.5, 0.6) is 0 Å². The van der Waals surface area contributed by atoms with E-state index in [-0.39, 0.29) is 11.3 Å².